The van der Waals surface area contributed by atoms with Crippen LogP contribution in [-0.2, 0) is 0 Å². The standard InChI is InChI=1S/C13H16F3NO2/c1-7(2)11(3-4-18)17-13(19)12-9(15)5-8(14)6-10(12)16/h5-7,11,18H,3-4H2,1-2H3,(H,17,19). The zero-order valence-electron chi connectivity index (χ0n) is 10.7. The van der Waals surface area contributed by atoms with E-state index in [0.29, 0.717) is 12.1 Å². The molecule has 2 N–H and O–H groups in total. The van der Waals surface area contributed by atoms with Gasteiger partial charge in [0.1, 0.15) is 23.0 Å². The molecule has 0 aromatic heterocycles. The summed E-state index contributed by atoms with van der Waals surface area (Å²) >= 11 is 0. The van der Waals surface area contributed by atoms with Gasteiger partial charge in [0.25, 0.3) is 5.91 Å². The fraction of sp³-hybridized carbons (Fsp3) is 0.462. The minimum absolute atomic E-state index is 0.0114. The van der Waals surface area contributed by atoms with Gasteiger partial charge < -0.3 is 10.4 Å². The van der Waals surface area contributed by atoms with Crippen molar-refractivity contribution in [2.75, 3.05) is 6.61 Å². The number of hydrogen-bond acceptors (Lipinski definition) is 2. The van der Waals surface area contributed by atoms with Crippen LogP contribution in [-0.4, -0.2) is 23.7 Å². The van der Waals surface area contributed by atoms with E-state index in [0.717, 1.165) is 0 Å². The summed E-state index contributed by atoms with van der Waals surface area (Å²) in [6.07, 6.45) is 0.272. The first-order valence-electron chi connectivity index (χ1n) is 5.93. The Balaban J connectivity index is 2.94. The van der Waals surface area contributed by atoms with Crippen LogP contribution in [0.25, 0.3) is 0 Å². The van der Waals surface area contributed by atoms with Crippen molar-refractivity contribution in [1.29, 1.82) is 0 Å². The van der Waals surface area contributed by atoms with Crippen molar-refractivity contribution >= 4 is 5.91 Å². The smallest absolute Gasteiger partial charge is 0.257 e. The summed E-state index contributed by atoms with van der Waals surface area (Å²) in [5, 5.41) is 11.3. The van der Waals surface area contributed by atoms with Crippen LogP contribution in [0.15, 0.2) is 12.1 Å². The molecule has 0 aliphatic carbocycles. The topological polar surface area (TPSA) is 49.3 Å². The Kier molecular flexibility index (Phi) is 5.35. The van der Waals surface area contributed by atoms with E-state index in [-0.39, 0.29) is 18.9 Å². The van der Waals surface area contributed by atoms with Gasteiger partial charge in [0.15, 0.2) is 0 Å². The minimum atomic E-state index is -1.25. The fourth-order valence-electron chi connectivity index (χ4n) is 1.71. The molecule has 0 saturated heterocycles. The van der Waals surface area contributed by atoms with Crippen molar-refractivity contribution in [3.05, 3.63) is 35.1 Å². The molecule has 0 radical (unpaired) electrons. The highest BCUT2D eigenvalue weighted by Crippen LogP contribution is 2.16. The van der Waals surface area contributed by atoms with Crippen LogP contribution < -0.4 is 5.32 Å². The Morgan fingerprint density at radius 1 is 1.26 bits per heavy atom. The molecule has 19 heavy (non-hydrogen) atoms. The van der Waals surface area contributed by atoms with Crippen LogP contribution >= 0.6 is 0 Å². The third kappa shape index (κ3) is 3.96. The predicted octanol–water partition coefficient (Wildman–Crippen LogP) is 2.24. The molecule has 0 heterocycles. The number of benzene rings is 1. The highest BCUT2D eigenvalue weighted by atomic mass is 19.1. The van der Waals surface area contributed by atoms with Crippen LogP contribution in [0, 0.1) is 23.4 Å². The van der Waals surface area contributed by atoms with Gasteiger partial charge in [0.2, 0.25) is 0 Å². The lowest BCUT2D eigenvalue weighted by Crippen LogP contribution is -2.40. The summed E-state index contributed by atoms with van der Waals surface area (Å²) < 4.78 is 39.6. The van der Waals surface area contributed by atoms with Crippen LogP contribution in [0.2, 0.25) is 0 Å². The number of carbonyl (C=O) groups is 1. The first-order valence-corrected chi connectivity index (χ1v) is 5.93. The maximum absolute atomic E-state index is 13.4. The molecule has 0 saturated carbocycles. The van der Waals surface area contributed by atoms with Gasteiger partial charge in [-0.2, -0.15) is 0 Å². The number of carbonyl (C=O) groups excluding carboxylic acids is 1. The quantitative estimate of drug-likeness (QED) is 0.866. The van der Waals surface area contributed by atoms with Gasteiger partial charge in [0.05, 0.1) is 0 Å². The summed E-state index contributed by atoms with van der Waals surface area (Å²) in [6, 6.07) is 0.490. The number of aliphatic hydroxyl groups is 1. The molecule has 1 unspecified atom stereocenters. The van der Waals surface area contributed by atoms with Crippen LogP contribution in [0.4, 0.5) is 13.2 Å². The molecular formula is C13H16F3NO2. The second-order valence-corrected chi connectivity index (χ2v) is 4.58. The maximum atomic E-state index is 13.4. The average molecular weight is 275 g/mol. The normalized spacial score (nSPS) is 12.6. The SMILES string of the molecule is CC(C)C(CCO)NC(=O)c1c(F)cc(F)cc1F. The second-order valence-electron chi connectivity index (χ2n) is 4.58. The molecule has 0 aliphatic heterocycles. The lowest BCUT2D eigenvalue weighted by Gasteiger charge is -2.21. The minimum Gasteiger partial charge on any atom is -0.396 e. The number of rotatable bonds is 5. The molecule has 1 atom stereocenters. The van der Waals surface area contributed by atoms with Gasteiger partial charge in [-0.1, -0.05) is 13.8 Å². The average Bonchev–Trinajstić information content (AvgIpc) is 2.26. The first-order chi connectivity index (χ1) is 8.86. The predicted molar refractivity (Wildman–Crippen MR) is 64.1 cm³/mol. The van der Waals surface area contributed by atoms with Gasteiger partial charge in [-0.3, -0.25) is 4.79 Å². The highest BCUT2D eigenvalue weighted by Gasteiger charge is 2.22. The summed E-state index contributed by atoms with van der Waals surface area (Å²) in [5.74, 6) is -4.55. The largest absolute Gasteiger partial charge is 0.396 e. The van der Waals surface area contributed by atoms with Crippen molar-refractivity contribution in [3.63, 3.8) is 0 Å². The molecule has 0 aliphatic rings. The van der Waals surface area contributed by atoms with Gasteiger partial charge in [-0.05, 0) is 12.3 Å². The van der Waals surface area contributed by atoms with Crippen molar-refractivity contribution in [2.45, 2.75) is 26.3 Å². The summed E-state index contributed by atoms with van der Waals surface area (Å²) in [5.41, 5.74) is -0.815. The van der Waals surface area contributed by atoms with Gasteiger partial charge in [-0.15, -0.1) is 0 Å². The van der Waals surface area contributed by atoms with E-state index in [1.165, 1.54) is 0 Å². The Morgan fingerprint density at radius 2 is 1.79 bits per heavy atom. The Labute approximate surface area is 109 Å². The summed E-state index contributed by atoms with van der Waals surface area (Å²) in [7, 11) is 0. The summed E-state index contributed by atoms with van der Waals surface area (Å²) in [4.78, 5) is 11.8. The molecule has 106 valence electrons. The highest BCUT2D eigenvalue weighted by molar-refractivity contribution is 5.94. The number of halogens is 3. The monoisotopic (exact) mass is 275 g/mol. The van der Waals surface area contributed by atoms with Gasteiger partial charge >= 0.3 is 0 Å². The van der Waals surface area contributed by atoms with Crippen molar-refractivity contribution in [3.8, 4) is 0 Å². The molecule has 1 rings (SSSR count). The molecule has 1 aromatic carbocycles. The summed E-state index contributed by atoms with van der Waals surface area (Å²) in [6.45, 7) is 3.45. The van der Waals surface area contributed by atoms with Crippen molar-refractivity contribution in [2.24, 2.45) is 5.92 Å². The maximum Gasteiger partial charge on any atom is 0.257 e. The van der Waals surface area contributed by atoms with Gasteiger partial charge in [0, 0.05) is 24.8 Å². The number of amides is 1. The van der Waals surface area contributed by atoms with E-state index in [2.05, 4.69) is 5.32 Å². The van der Waals surface area contributed by atoms with E-state index >= 15 is 0 Å². The lowest BCUT2D eigenvalue weighted by atomic mass is 10.0. The van der Waals surface area contributed by atoms with Crippen molar-refractivity contribution < 1.29 is 23.1 Å². The first kappa shape index (κ1) is 15.5. The van der Waals surface area contributed by atoms with E-state index in [9.17, 15) is 18.0 Å². The molecule has 0 bridgehead atoms. The molecule has 0 fully saturated rings. The third-order valence-electron chi connectivity index (χ3n) is 2.80. The van der Waals surface area contributed by atoms with E-state index in [1.807, 2.05) is 0 Å². The number of nitrogens with one attached hydrogen (secondary N) is 1. The van der Waals surface area contributed by atoms with Crippen molar-refractivity contribution in [1.82, 2.24) is 5.32 Å². The third-order valence-corrected chi connectivity index (χ3v) is 2.80. The molecule has 1 amide bonds. The molecular weight excluding hydrogens is 259 g/mol. The van der Waals surface area contributed by atoms with Crippen LogP contribution in [0.5, 0.6) is 0 Å². The zero-order valence-corrected chi connectivity index (χ0v) is 10.7. The van der Waals surface area contributed by atoms with Gasteiger partial charge in [-0.25, -0.2) is 13.2 Å². The van der Waals surface area contributed by atoms with Crippen LogP contribution in [0.1, 0.15) is 30.6 Å². The van der Waals surface area contributed by atoms with E-state index in [1.54, 1.807) is 13.8 Å². The molecule has 1 aromatic rings. The molecule has 0 spiro atoms. The molecule has 3 nitrogen and oxygen atoms in total. The van der Waals surface area contributed by atoms with Crippen LogP contribution in [0.3, 0.4) is 0 Å². The Morgan fingerprint density at radius 3 is 2.21 bits per heavy atom. The lowest BCUT2D eigenvalue weighted by molar-refractivity contribution is 0.0908. The Bertz CT molecular complexity index is 440. The Hall–Kier alpha value is -1.56. The number of hydrogen-bond donors (Lipinski definition) is 2. The van der Waals surface area contributed by atoms with E-state index in [4.69, 9.17) is 5.11 Å². The van der Waals surface area contributed by atoms with E-state index < -0.39 is 35.0 Å². The second kappa shape index (κ2) is 6.56. The fourth-order valence-corrected chi connectivity index (χ4v) is 1.71. The molecule has 6 heteroatoms. The number of aliphatic hydroxyl groups excluding tert-OH is 1. The zero-order chi connectivity index (χ0) is 14.6.